The normalized spacial score (nSPS) is 10.5. The molecule has 30 heavy (non-hydrogen) atoms. The molecular weight excluding hydrogens is 413 g/mol. The molecule has 0 fully saturated rings. The highest BCUT2D eigenvalue weighted by atomic mass is 35.5. The number of aryl methyl sites for hydroxylation is 1. The number of anilines is 2. The zero-order valence-electron chi connectivity index (χ0n) is 16.0. The molecule has 0 spiro atoms. The van der Waals surface area contributed by atoms with E-state index in [1.54, 1.807) is 12.3 Å². The van der Waals surface area contributed by atoms with E-state index in [0.29, 0.717) is 5.69 Å². The molecule has 2 aromatic heterocycles. The van der Waals surface area contributed by atoms with Gasteiger partial charge in [-0.2, -0.15) is 4.39 Å². The lowest BCUT2D eigenvalue weighted by atomic mass is 10.1. The predicted molar refractivity (Wildman–Crippen MR) is 114 cm³/mol. The molecule has 0 aliphatic carbocycles. The lowest BCUT2D eigenvalue weighted by Gasteiger charge is -2.11. The zero-order chi connectivity index (χ0) is 20.5. The van der Waals surface area contributed by atoms with E-state index in [1.165, 1.54) is 7.11 Å². The largest absolute Gasteiger partial charge is 0.494 e. The summed E-state index contributed by atoms with van der Waals surface area (Å²) in [4.78, 5) is 18.9. The van der Waals surface area contributed by atoms with Crippen LogP contribution in [0.5, 0.6) is 5.75 Å². The number of benzene rings is 2. The highest BCUT2D eigenvalue weighted by Crippen LogP contribution is 2.34. The minimum absolute atomic E-state index is 0. The molecule has 8 nitrogen and oxygen atoms in total. The maximum Gasteiger partial charge on any atom is 0.307 e. The van der Waals surface area contributed by atoms with E-state index < -0.39 is 16.4 Å². The number of fused-ring (bicyclic) bond motifs is 1. The molecule has 0 aliphatic rings. The van der Waals surface area contributed by atoms with Gasteiger partial charge in [0.25, 0.3) is 0 Å². The van der Waals surface area contributed by atoms with Crippen molar-refractivity contribution in [3.8, 4) is 17.0 Å². The first-order valence-electron chi connectivity index (χ1n) is 8.64. The Morgan fingerprint density at radius 1 is 1.23 bits per heavy atom. The number of ether oxygens (including phenoxy) is 1. The molecule has 0 bridgehead atoms. The summed E-state index contributed by atoms with van der Waals surface area (Å²) in [6.45, 7) is 0. The van der Waals surface area contributed by atoms with Crippen LogP contribution in [-0.4, -0.2) is 26.6 Å². The van der Waals surface area contributed by atoms with Gasteiger partial charge in [-0.05, 0) is 12.1 Å². The van der Waals surface area contributed by atoms with Crippen molar-refractivity contribution in [2.45, 2.75) is 0 Å². The summed E-state index contributed by atoms with van der Waals surface area (Å²) >= 11 is 0. The number of aromatic nitrogens is 3. The molecule has 154 valence electrons. The van der Waals surface area contributed by atoms with E-state index in [4.69, 9.17) is 4.74 Å². The van der Waals surface area contributed by atoms with Gasteiger partial charge in [0.15, 0.2) is 0 Å². The third-order valence-corrected chi connectivity index (χ3v) is 4.54. The van der Waals surface area contributed by atoms with Crippen molar-refractivity contribution < 1.29 is 14.1 Å². The molecule has 0 radical (unpaired) electrons. The maximum absolute atomic E-state index is 13.9. The van der Waals surface area contributed by atoms with E-state index in [0.717, 1.165) is 28.6 Å². The van der Waals surface area contributed by atoms with E-state index in [-0.39, 0.29) is 29.8 Å². The Morgan fingerprint density at radius 3 is 2.73 bits per heavy atom. The molecule has 0 aliphatic heterocycles. The van der Waals surface area contributed by atoms with Gasteiger partial charge >= 0.3 is 5.69 Å². The Labute approximate surface area is 176 Å². The first-order valence-corrected chi connectivity index (χ1v) is 8.64. The van der Waals surface area contributed by atoms with Crippen LogP contribution in [0.3, 0.4) is 0 Å². The molecule has 0 saturated carbocycles. The fourth-order valence-corrected chi connectivity index (χ4v) is 3.19. The van der Waals surface area contributed by atoms with Crippen molar-refractivity contribution in [2.75, 3.05) is 12.4 Å². The first-order chi connectivity index (χ1) is 14.0. The Morgan fingerprint density at radius 2 is 2.00 bits per heavy atom. The lowest BCUT2D eigenvalue weighted by molar-refractivity contribution is -0.387. The van der Waals surface area contributed by atoms with Crippen LogP contribution in [0.25, 0.3) is 22.2 Å². The SMILES string of the molecule is COc1cc(F)c([N+](=O)[O-])cc1Nc1nccc(-c2cn(C)c3ccccc23)n1.Cl. The van der Waals surface area contributed by atoms with Crippen LogP contribution in [0, 0.1) is 15.9 Å². The van der Waals surface area contributed by atoms with Crippen molar-refractivity contribution in [2.24, 2.45) is 7.05 Å². The fourth-order valence-electron chi connectivity index (χ4n) is 3.19. The molecule has 1 N–H and O–H groups in total. The Kier molecular flexibility index (Phi) is 5.84. The molecule has 4 aromatic rings. The number of hydrogen-bond donors (Lipinski definition) is 1. The Hall–Kier alpha value is -3.72. The van der Waals surface area contributed by atoms with Gasteiger partial charge in [-0.25, -0.2) is 9.97 Å². The van der Waals surface area contributed by atoms with Gasteiger partial charge < -0.3 is 14.6 Å². The number of hydrogen-bond acceptors (Lipinski definition) is 6. The van der Waals surface area contributed by atoms with Crippen LogP contribution in [0.4, 0.5) is 21.7 Å². The van der Waals surface area contributed by atoms with Crippen LogP contribution in [0.1, 0.15) is 0 Å². The molecule has 2 aromatic carbocycles. The van der Waals surface area contributed by atoms with Crippen LogP contribution in [0.2, 0.25) is 0 Å². The van der Waals surface area contributed by atoms with Gasteiger partial charge in [-0.3, -0.25) is 10.1 Å². The zero-order valence-corrected chi connectivity index (χ0v) is 16.8. The smallest absolute Gasteiger partial charge is 0.307 e. The third kappa shape index (κ3) is 3.74. The number of halogens is 2. The van der Waals surface area contributed by atoms with Gasteiger partial charge in [-0.1, -0.05) is 18.2 Å². The van der Waals surface area contributed by atoms with Gasteiger partial charge in [-0.15, -0.1) is 12.4 Å². The highest BCUT2D eigenvalue weighted by molar-refractivity contribution is 5.95. The molecule has 0 atom stereocenters. The number of nitro groups is 1. The number of nitrogens with zero attached hydrogens (tertiary/aromatic N) is 4. The van der Waals surface area contributed by atoms with Gasteiger partial charge in [0.1, 0.15) is 5.75 Å². The fraction of sp³-hybridized carbons (Fsp3) is 0.100. The number of rotatable bonds is 5. The van der Waals surface area contributed by atoms with Crippen LogP contribution in [-0.2, 0) is 7.05 Å². The van der Waals surface area contributed by atoms with Crippen LogP contribution in [0.15, 0.2) is 54.9 Å². The van der Waals surface area contributed by atoms with Crippen LogP contribution >= 0.6 is 12.4 Å². The van der Waals surface area contributed by atoms with Gasteiger partial charge in [0.2, 0.25) is 11.8 Å². The molecule has 0 unspecified atom stereocenters. The van der Waals surface area contributed by atoms with E-state index >= 15 is 0 Å². The summed E-state index contributed by atoms with van der Waals surface area (Å²) in [6.07, 6.45) is 3.55. The number of methoxy groups -OCH3 is 1. The number of nitrogens with one attached hydrogen (secondary N) is 1. The van der Waals surface area contributed by atoms with Crippen molar-refractivity contribution in [1.29, 1.82) is 0 Å². The van der Waals surface area contributed by atoms with Crippen molar-refractivity contribution in [3.05, 3.63) is 70.8 Å². The summed E-state index contributed by atoms with van der Waals surface area (Å²) in [7, 11) is 3.30. The Bertz CT molecular complexity index is 1240. The second kappa shape index (κ2) is 8.34. The van der Waals surface area contributed by atoms with Crippen LogP contribution < -0.4 is 10.1 Å². The topological polar surface area (TPSA) is 95.1 Å². The molecule has 10 heteroatoms. The highest BCUT2D eigenvalue weighted by Gasteiger charge is 2.20. The lowest BCUT2D eigenvalue weighted by Crippen LogP contribution is -2.02. The third-order valence-electron chi connectivity index (χ3n) is 4.54. The van der Waals surface area contributed by atoms with Gasteiger partial charge in [0.05, 0.1) is 23.4 Å². The summed E-state index contributed by atoms with van der Waals surface area (Å²) < 4.78 is 21.0. The number of para-hydroxylation sites is 1. The van der Waals surface area contributed by atoms with E-state index in [9.17, 15) is 14.5 Å². The second-order valence-corrected chi connectivity index (χ2v) is 6.32. The second-order valence-electron chi connectivity index (χ2n) is 6.32. The molecular formula is C20H17ClFN5O3. The predicted octanol–water partition coefficient (Wildman–Crippen LogP) is 4.86. The summed E-state index contributed by atoms with van der Waals surface area (Å²) in [6, 6.07) is 11.7. The monoisotopic (exact) mass is 429 g/mol. The van der Waals surface area contributed by atoms with E-state index in [2.05, 4.69) is 15.3 Å². The van der Waals surface area contributed by atoms with Crippen molar-refractivity contribution in [3.63, 3.8) is 0 Å². The first kappa shape index (κ1) is 21.0. The quantitative estimate of drug-likeness (QED) is 0.359. The molecule has 0 amide bonds. The standard InChI is InChI=1S/C20H16FN5O3.ClH/c1-25-11-13(12-5-3-4-6-17(12)25)15-7-8-22-20(23-15)24-16-10-18(26(27)28)14(21)9-19(16)29-2;/h3-11H,1-2H3,(H,22,23,24);1H. The summed E-state index contributed by atoms with van der Waals surface area (Å²) in [5.41, 5.74) is 2.18. The average molecular weight is 430 g/mol. The molecule has 0 saturated heterocycles. The van der Waals surface area contributed by atoms with Crippen molar-refractivity contribution >= 4 is 40.6 Å². The minimum atomic E-state index is -0.983. The Balaban J connectivity index is 0.00000256. The molecule has 2 heterocycles. The van der Waals surface area contributed by atoms with Crippen molar-refractivity contribution in [1.82, 2.24) is 14.5 Å². The summed E-state index contributed by atoms with van der Waals surface area (Å²) in [5, 5.41) is 15.0. The van der Waals surface area contributed by atoms with Gasteiger partial charge in [0, 0.05) is 48.0 Å². The minimum Gasteiger partial charge on any atom is -0.494 e. The van der Waals surface area contributed by atoms with E-state index in [1.807, 2.05) is 42.1 Å². The maximum atomic E-state index is 13.9. The molecule has 4 rings (SSSR count). The average Bonchev–Trinajstić information content (AvgIpc) is 3.06. The number of nitro benzene ring substituents is 1. The summed E-state index contributed by atoms with van der Waals surface area (Å²) in [5.74, 6) is -0.676.